The second-order valence-electron chi connectivity index (χ2n) is 3.88. The summed E-state index contributed by atoms with van der Waals surface area (Å²) in [5, 5.41) is 8.96. The van der Waals surface area contributed by atoms with E-state index in [1.165, 1.54) is 6.20 Å². The number of aryl methyl sites for hydroxylation is 1. The highest BCUT2D eigenvalue weighted by atomic mass is 16.4. The predicted molar refractivity (Wildman–Crippen MR) is 59.8 cm³/mol. The zero-order valence-electron chi connectivity index (χ0n) is 9.31. The van der Waals surface area contributed by atoms with Gasteiger partial charge < -0.3 is 10.0 Å². The molecule has 0 unspecified atom stereocenters. The summed E-state index contributed by atoms with van der Waals surface area (Å²) in [4.78, 5) is 21.5. The standard InChI is InChI=1S/C11H15N3O2/c1-2-9-8(10(15)16)7-12-11(13-9)14-5-3-4-6-14/h7H,2-6H2,1H3,(H,15,16). The van der Waals surface area contributed by atoms with Crippen LogP contribution in [0.2, 0.25) is 0 Å². The molecular weight excluding hydrogens is 206 g/mol. The highest BCUT2D eigenvalue weighted by Gasteiger charge is 2.18. The van der Waals surface area contributed by atoms with Gasteiger partial charge in [-0.15, -0.1) is 0 Å². The first-order chi connectivity index (χ1) is 7.72. The molecule has 0 spiro atoms. The third kappa shape index (κ3) is 1.98. The van der Waals surface area contributed by atoms with E-state index in [-0.39, 0.29) is 5.56 Å². The fraction of sp³-hybridized carbons (Fsp3) is 0.545. The Labute approximate surface area is 94.1 Å². The van der Waals surface area contributed by atoms with Crippen LogP contribution in [0.4, 0.5) is 5.95 Å². The number of hydrogen-bond donors (Lipinski definition) is 1. The molecule has 1 aliphatic rings. The fourth-order valence-corrected chi connectivity index (χ4v) is 1.92. The topological polar surface area (TPSA) is 66.3 Å². The van der Waals surface area contributed by atoms with Crippen molar-refractivity contribution < 1.29 is 9.90 Å². The smallest absolute Gasteiger partial charge is 0.339 e. The molecule has 1 fully saturated rings. The molecule has 0 bridgehead atoms. The highest BCUT2D eigenvalue weighted by Crippen LogP contribution is 2.17. The van der Waals surface area contributed by atoms with Crippen molar-refractivity contribution in [2.75, 3.05) is 18.0 Å². The van der Waals surface area contributed by atoms with Gasteiger partial charge >= 0.3 is 5.97 Å². The van der Waals surface area contributed by atoms with Crippen LogP contribution in [0.1, 0.15) is 35.8 Å². The van der Waals surface area contributed by atoms with Gasteiger partial charge in [0.05, 0.1) is 11.3 Å². The maximum atomic E-state index is 10.9. The number of nitrogens with zero attached hydrogens (tertiary/aromatic N) is 3. The van der Waals surface area contributed by atoms with Crippen molar-refractivity contribution in [3.63, 3.8) is 0 Å². The molecule has 0 amide bonds. The molecule has 2 heterocycles. The minimum absolute atomic E-state index is 0.213. The van der Waals surface area contributed by atoms with E-state index in [0.29, 0.717) is 18.1 Å². The molecule has 1 aromatic rings. The van der Waals surface area contributed by atoms with E-state index in [2.05, 4.69) is 14.9 Å². The first kappa shape index (κ1) is 10.9. The van der Waals surface area contributed by atoms with Crippen LogP contribution < -0.4 is 4.90 Å². The third-order valence-corrected chi connectivity index (χ3v) is 2.81. The highest BCUT2D eigenvalue weighted by molar-refractivity contribution is 5.88. The molecule has 1 aliphatic heterocycles. The van der Waals surface area contributed by atoms with Gasteiger partial charge in [0.25, 0.3) is 0 Å². The Bertz CT molecular complexity index is 400. The van der Waals surface area contributed by atoms with Crippen LogP contribution in [0.15, 0.2) is 6.20 Å². The summed E-state index contributed by atoms with van der Waals surface area (Å²) in [6, 6.07) is 0. The summed E-state index contributed by atoms with van der Waals surface area (Å²) in [6.45, 7) is 3.84. The van der Waals surface area contributed by atoms with Crippen molar-refractivity contribution in [3.8, 4) is 0 Å². The zero-order valence-corrected chi connectivity index (χ0v) is 9.31. The SMILES string of the molecule is CCc1nc(N2CCCC2)ncc1C(=O)O. The number of aromatic nitrogens is 2. The average Bonchev–Trinajstić information content (AvgIpc) is 2.81. The van der Waals surface area contributed by atoms with Crippen molar-refractivity contribution in [1.82, 2.24) is 9.97 Å². The van der Waals surface area contributed by atoms with Crippen LogP contribution in [0.3, 0.4) is 0 Å². The average molecular weight is 221 g/mol. The summed E-state index contributed by atoms with van der Waals surface area (Å²) in [5.74, 6) is -0.288. The molecule has 5 nitrogen and oxygen atoms in total. The molecule has 86 valence electrons. The van der Waals surface area contributed by atoms with Gasteiger partial charge in [-0.2, -0.15) is 0 Å². The van der Waals surface area contributed by atoms with Gasteiger partial charge in [0.2, 0.25) is 5.95 Å². The largest absolute Gasteiger partial charge is 0.478 e. The van der Waals surface area contributed by atoms with Crippen molar-refractivity contribution in [1.29, 1.82) is 0 Å². The van der Waals surface area contributed by atoms with Gasteiger partial charge in [0, 0.05) is 19.3 Å². The maximum Gasteiger partial charge on any atom is 0.339 e. The number of hydrogen-bond acceptors (Lipinski definition) is 4. The number of carboxylic acid groups (broad SMARTS) is 1. The lowest BCUT2D eigenvalue weighted by Crippen LogP contribution is -2.21. The Morgan fingerprint density at radius 3 is 2.75 bits per heavy atom. The molecule has 1 saturated heterocycles. The second-order valence-corrected chi connectivity index (χ2v) is 3.88. The van der Waals surface area contributed by atoms with Crippen molar-refractivity contribution in [2.24, 2.45) is 0 Å². The molecule has 0 saturated carbocycles. The summed E-state index contributed by atoms with van der Waals surface area (Å²) in [5.41, 5.74) is 0.829. The van der Waals surface area contributed by atoms with Crippen molar-refractivity contribution in [3.05, 3.63) is 17.5 Å². The molecule has 1 N–H and O–H groups in total. The van der Waals surface area contributed by atoms with E-state index in [1.54, 1.807) is 0 Å². The predicted octanol–water partition coefficient (Wildman–Crippen LogP) is 1.34. The molecule has 0 aromatic carbocycles. The monoisotopic (exact) mass is 221 g/mol. The Balaban J connectivity index is 2.32. The number of anilines is 1. The maximum absolute atomic E-state index is 10.9. The molecule has 0 aliphatic carbocycles. The first-order valence-corrected chi connectivity index (χ1v) is 5.56. The first-order valence-electron chi connectivity index (χ1n) is 5.56. The van der Waals surface area contributed by atoms with Gasteiger partial charge in [-0.25, -0.2) is 14.8 Å². The molecule has 5 heteroatoms. The number of aromatic carboxylic acids is 1. The van der Waals surface area contributed by atoms with Gasteiger partial charge in [-0.3, -0.25) is 0 Å². The van der Waals surface area contributed by atoms with Crippen LogP contribution in [0.25, 0.3) is 0 Å². The number of carbonyl (C=O) groups is 1. The van der Waals surface area contributed by atoms with E-state index in [9.17, 15) is 4.79 Å². The third-order valence-electron chi connectivity index (χ3n) is 2.81. The van der Waals surface area contributed by atoms with Crippen LogP contribution in [-0.4, -0.2) is 34.1 Å². The van der Waals surface area contributed by atoms with Gasteiger partial charge in [-0.1, -0.05) is 6.92 Å². The van der Waals surface area contributed by atoms with Gasteiger partial charge in [0.1, 0.15) is 0 Å². The second kappa shape index (κ2) is 4.47. The lowest BCUT2D eigenvalue weighted by molar-refractivity contribution is 0.0694. The normalized spacial score (nSPS) is 15.4. The number of carboxylic acids is 1. The van der Waals surface area contributed by atoms with E-state index in [1.807, 2.05) is 6.92 Å². The van der Waals surface area contributed by atoms with Crippen LogP contribution >= 0.6 is 0 Å². The van der Waals surface area contributed by atoms with Crippen LogP contribution in [-0.2, 0) is 6.42 Å². The molecule has 0 atom stereocenters. The fourth-order valence-electron chi connectivity index (χ4n) is 1.92. The van der Waals surface area contributed by atoms with Crippen molar-refractivity contribution in [2.45, 2.75) is 26.2 Å². The molecule has 0 radical (unpaired) electrons. The van der Waals surface area contributed by atoms with Crippen molar-refractivity contribution >= 4 is 11.9 Å². The Morgan fingerprint density at radius 2 is 2.19 bits per heavy atom. The van der Waals surface area contributed by atoms with E-state index in [0.717, 1.165) is 25.9 Å². The molecule has 2 rings (SSSR count). The van der Waals surface area contributed by atoms with E-state index < -0.39 is 5.97 Å². The Morgan fingerprint density at radius 1 is 1.50 bits per heavy atom. The van der Waals surface area contributed by atoms with Crippen LogP contribution in [0, 0.1) is 0 Å². The quantitative estimate of drug-likeness (QED) is 0.834. The summed E-state index contributed by atoms with van der Waals surface area (Å²) in [7, 11) is 0. The molecule has 1 aromatic heterocycles. The number of rotatable bonds is 3. The van der Waals surface area contributed by atoms with Gasteiger partial charge in [0.15, 0.2) is 0 Å². The minimum Gasteiger partial charge on any atom is -0.478 e. The molecule has 16 heavy (non-hydrogen) atoms. The summed E-state index contributed by atoms with van der Waals surface area (Å²) in [6.07, 6.45) is 4.35. The minimum atomic E-state index is -0.954. The van der Waals surface area contributed by atoms with Gasteiger partial charge in [-0.05, 0) is 19.3 Å². The lowest BCUT2D eigenvalue weighted by Gasteiger charge is -2.15. The Kier molecular flexibility index (Phi) is 3.03. The van der Waals surface area contributed by atoms with Crippen LogP contribution in [0.5, 0.6) is 0 Å². The molecular formula is C11H15N3O2. The van der Waals surface area contributed by atoms with E-state index in [4.69, 9.17) is 5.11 Å². The van der Waals surface area contributed by atoms with E-state index >= 15 is 0 Å². The zero-order chi connectivity index (χ0) is 11.5. The summed E-state index contributed by atoms with van der Waals surface area (Å²) >= 11 is 0. The summed E-state index contributed by atoms with van der Waals surface area (Å²) < 4.78 is 0. The lowest BCUT2D eigenvalue weighted by atomic mass is 10.2. The Hall–Kier alpha value is -1.65.